The summed E-state index contributed by atoms with van der Waals surface area (Å²) in [7, 11) is 0. The molecule has 0 amide bonds. The van der Waals surface area contributed by atoms with Crippen LogP contribution < -0.4 is 4.90 Å². The Morgan fingerprint density at radius 3 is 1.85 bits per heavy atom. The fourth-order valence-electron chi connectivity index (χ4n) is 7.09. The standard InChI is InChI=1S/C42H43N.C7H8.2C2H6/c1-6-42(4,5)41-27-26-38(29-40(41)31(3)39-19-13-10-14-30(39)2)43(37-25-22-35(28-37)33-17-11-12-18-33)36-23-20-34(21-24-36)32-15-8-7-9-16-32;1-7-5-3-2-4-6-7;2*1-2/h7-11,13-17,19-27,29,33H,3,6,12,18,28H2,1-2,4-5H3;2-6H,1H3;2*1-2H3. The number of hydrogen-bond donors (Lipinski definition) is 0. The first-order valence-corrected chi connectivity index (χ1v) is 20.2. The second-order valence-corrected chi connectivity index (χ2v) is 14.4. The highest BCUT2D eigenvalue weighted by Gasteiger charge is 2.27. The fourth-order valence-corrected chi connectivity index (χ4v) is 7.09. The Morgan fingerprint density at radius 1 is 0.685 bits per heavy atom. The van der Waals surface area contributed by atoms with E-state index >= 15 is 0 Å². The summed E-state index contributed by atoms with van der Waals surface area (Å²) >= 11 is 0. The Kier molecular flexibility index (Phi) is 15.7. The molecule has 0 heterocycles. The molecule has 2 aliphatic carbocycles. The molecule has 2 aliphatic rings. The van der Waals surface area contributed by atoms with Crippen molar-refractivity contribution in [2.45, 2.75) is 93.4 Å². The average molecular weight is 714 g/mol. The van der Waals surface area contributed by atoms with Crippen LogP contribution in [-0.2, 0) is 5.41 Å². The summed E-state index contributed by atoms with van der Waals surface area (Å²) < 4.78 is 0. The third-order valence-corrected chi connectivity index (χ3v) is 10.5. The van der Waals surface area contributed by atoms with E-state index in [-0.39, 0.29) is 5.41 Å². The molecule has 280 valence electrons. The van der Waals surface area contributed by atoms with Gasteiger partial charge in [-0.15, -0.1) is 0 Å². The number of allylic oxidation sites excluding steroid dienone is 5. The van der Waals surface area contributed by atoms with Gasteiger partial charge < -0.3 is 4.90 Å². The van der Waals surface area contributed by atoms with Gasteiger partial charge in [0.1, 0.15) is 0 Å². The van der Waals surface area contributed by atoms with E-state index in [9.17, 15) is 0 Å². The predicted molar refractivity (Wildman–Crippen MR) is 240 cm³/mol. The molecule has 0 fully saturated rings. The van der Waals surface area contributed by atoms with Crippen molar-refractivity contribution in [3.05, 3.63) is 197 Å². The van der Waals surface area contributed by atoms with Crippen LogP contribution in [0.2, 0.25) is 0 Å². The van der Waals surface area contributed by atoms with Crippen LogP contribution in [-0.4, -0.2) is 0 Å². The van der Waals surface area contributed by atoms with E-state index in [1.165, 1.54) is 74.4 Å². The van der Waals surface area contributed by atoms with Crippen molar-refractivity contribution in [1.29, 1.82) is 0 Å². The molecule has 1 atom stereocenters. The van der Waals surface area contributed by atoms with Crippen LogP contribution in [0.5, 0.6) is 0 Å². The lowest BCUT2D eigenvalue weighted by atomic mass is 9.77. The summed E-state index contributed by atoms with van der Waals surface area (Å²) in [5, 5.41) is 0. The van der Waals surface area contributed by atoms with Crippen molar-refractivity contribution in [3.8, 4) is 11.1 Å². The van der Waals surface area contributed by atoms with E-state index in [1.807, 2.05) is 45.9 Å². The van der Waals surface area contributed by atoms with Gasteiger partial charge in [0.25, 0.3) is 0 Å². The fraction of sp³-hybridized carbons (Fsp3) is 0.283. The van der Waals surface area contributed by atoms with Gasteiger partial charge in [0, 0.05) is 23.5 Å². The van der Waals surface area contributed by atoms with E-state index in [0.717, 1.165) is 18.4 Å². The van der Waals surface area contributed by atoms with Crippen LogP contribution in [0, 0.1) is 19.8 Å². The van der Waals surface area contributed by atoms with Gasteiger partial charge in [-0.2, -0.15) is 0 Å². The number of anilines is 2. The molecule has 0 N–H and O–H groups in total. The van der Waals surface area contributed by atoms with Gasteiger partial charge in [-0.1, -0.05) is 188 Å². The van der Waals surface area contributed by atoms with Gasteiger partial charge in [0.15, 0.2) is 0 Å². The number of benzene rings is 5. The quantitative estimate of drug-likeness (QED) is 0.137. The lowest BCUT2D eigenvalue weighted by Crippen LogP contribution is -2.20. The molecule has 1 nitrogen and oxygen atoms in total. The maximum Gasteiger partial charge on any atom is 0.0464 e. The number of hydrogen-bond acceptors (Lipinski definition) is 1. The first-order chi connectivity index (χ1) is 26.2. The Morgan fingerprint density at radius 2 is 1.28 bits per heavy atom. The summed E-state index contributed by atoms with van der Waals surface area (Å²) in [5.74, 6) is 0.556. The van der Waals surface area contributed by atoms with Gasteiger partial charge >= 0.3 is 0 Å². The molecule has 0 radical (unpaired) electrons. The van der Waals surface area contributed by atoms with Crippen molar-refractivity contribution < 1.29 is 0 Å². The van der Waals surface area contributed by atoms with Crippen LogP contribution in [0.4, 0.5) is 11.4 Å². The summed E-state index contributed by atoms with van der Waals surface area (Å²) in [5.41, 5.74) is 15.1. The molecule has 0 saturated carbocycles. The van der Waals surface area contributed by atoms with Crippen LogP contribution in [0.3, 0.4) is 0 Å². The van der Waals surface area contributed by atoms with E-state index in [1.54, 1.807) is 0 Å². The monoisotopic (exact) mass is 713 g/mol. The molecule has 0 spiro atoms. The third kappa shape index (κ3) is 10.3. The predicted octanol–water partition coefficient (Wildman–Crippen LogP) is 15.8. The van der Waals surface area contributed by atoms with Crippen molar-refractivity contribution >= 4 is 16.9 Å². The minimum absolute atomic E-state index is 0.0256. The van der Waals surface area contributed by atoms with Crippen LogP contribution in [0.1, 0.15) is 102 Å². The second-order valence-electron chi connectivity index (χ2n) is 14.4. The highest BCUT2D eigenvalue weighted by Crippen LogP contribution is 2.43. The molecule has 54 heavy (non-hydrogen) atoms. The minimum Gasteiger partial charge on any atom is -0.314 e. The summed E-state index contributed by atoms with van der Waals surface area (Å²) in [6.45, 7) is 23.9. The zero-order chi connectivity index (χ0) is 39.1. The normalized spacial score (nSPS) is 14.3. The molecule has 7 rings (SSSR count). The molecule has 0 aromatic heterocycles. The molecular formula is C53H63N. The highest BCUT2D eigenvalue weighted by molar-refractivity contribution is 5.85. The van der Waals surface area contributed by atoms with Crippen molar-refractivity contribution in [2.24, 2.45) is 5.92 Å². The Hall–Kier alpha value is -5.14. The molecule has 1 heteroatoms. The number of rotatable bonds is 9. The van der Waals surface area contributed by atoms with Crippen molar-refractivity contribution in [2.75, 3.05) is 4.90 Å². The smallest absolute Gasteiger partial charge is 0.0464 e. The van der Waals surface area contributed by atoms with E-state index < -0.39 is 0 Å². The van der Waals surface area contributed by atoms with Gasteiger partial charge in [0.05, 0.1) is 0 Å². The Labute approximate surface area is 328 Å². The largest absolute Gasteiger partial charge is 0.314 e. The second kappa shape index (κ2) is 20.4. The zero-order valence-electron chi connectivity index (χ0n) is 34.5. The summed E-state index contributed by atoms with van der Waals surface area (Å²) in [4.78, 5) is 2.47. The minimum atomic E-state index is 0.0256. The summed E-state index contributed by atoms with van der Waals surface area (Å²) in [6, 6.07) is 45.6. The molecule has 5 aromatic carbocycles. The van der Waals surface area contributed by atoms with Crippen LogP contribution in [0.15, 0.2) is 170 Å². The Bertz CT molecular complexity index is 2010. The Balaban J connectivity index is 0.000000519. The first-order valence-electron chi connectivity index (χ1n) is 20.2. The average Bonchev–Trinajstić information content (AvgIpc) is 3.94. The van der Waals surface area contributed by atoms with Gasteiger partial charge in [-0.25, -0.2) is 0 Å². The number of aryl methyl sites for hydroxylation is 2. The summed E-state index contributed by atoms with van der Waals surface area (Å²) in [6.07, 6.45) is 13.9. The zero-order valence-corrected chi connectivity index (χ0v) is 34.5. The SMILES string of the molecule is C=C(c1ccccc1C)c1cc(N(C2=CC=C(C3C=CCC3)C2)c2ccc(-c3ccccc3)cc2)ccc1C(C)(C)CC.CC.CC.Cc1ccccc1. The lowest BCUT2D eigenvalue weighted by Gasteiger charge is -2.32. The van der Waals surface area contributed by atoms with Crippen LogP contribution >= 0.6 is 0 Å². The van der Waals surface area contributed by atoms with E-state index in [2.05, 4.69) is 173 Å². The molecular weight excluding hydrogens is 651 g/mol. The maximum absolute atomic E-state index is 4.69. The maximum atomic E-state index is 4.69. The van der Waals surface area contributed by atoms with Gasteiger partial charge in [-0.3, -0.25) is 0 Å². The third-order valence-electron chi connectivity index (χ3n) is 10.5. The van der Waals surface area contributed by atoms with Gasteiger partial charge in [-0.05, 0) is 114 Å². The molecule has 0 saturated heterocycles. The van der Waals surface area contributed by atoms with Crippen molar-refractivity contribution in [1.82, 2.24) is 0 Å². The lowest BCUT2D eigenvalue weighted by molar-refractivity contribution is 0.505. The topological polar surface area (TPSA) is 3.24 Å². The molecule has 1 unspecified atom stereocenters. The van der Waals surface area contributed by atoms with E-state index in [4.69, 9.17) is 6.58 Å². The molecule has 0 bridgehead atoms. The van der Waals surface area contributed by atoms with Gasteiger partial charge in [0.2, 0.25) is 0 Å². The first kappa shape index (κ1) is 41.6. The van der Waals surface area contributed by atoms with E-state index in [0.29, 0.717) is 5.92 Å². The molecule has 0 aliphatic heterocycles. The molecule has 5 aromatic rings. The number of nitrogens with zero attached hydrogens (tertiary/aromatic N) is 1. The van der Waals surface area contributed by atoms with Crippen molar-refractivity contribution in [3.63, 3.8) is 0 Å². The highest BCUT2D eigenvalue weighted by atomic mass is 15.1. The van der Waals surface area contributed by atoms with Crippen LogP contribution in [0.25, 0.3) is 16.7 Å².